The maximum atomic E-state index is 11.9. The molecule has 2 aromatic rings. The second kappa shape index (κ2) is 5.36. The third-order valence-electron chi connectivity index (χ3n) is 3.28. The molecule has 1 fully saturated rings. The van der Waals surface area contributed by atoms with Crippen LogP contribution in [0.1, 0.15) is 33.7 Å². The Bertz CT molecular complexity index is 691. The van der Waals surface area contributed by atoms with E-state index in [1.165, 1.54) is 0 Å². The molecule has 1 saturated carbocycles. The van der Waals surface area contributed by atoms with Gasteiger partial charge >= 0.3 is 0 Å². The first kappa shape index (κ1) is 13.3. The topological polar surface area (TPSA) is 85.1 Å². The van der Waals surface area contributed by atoms with Crippen molar-refractivity contribution in [2.24, 2.45) is 5.73 Å². The van der Waals surface area contributed by atoms with E-state index in [9.17, 15) is 9.59 Å². The zero-order valence-corrected chi connectivity index (χ0v) is 11.3. The van der Waals surface area contributed by atoms with Gasteiger partial charge in [0.1, 0.15) is 5.69 Å². The highest BCUT2D eigenvalue weighted by atomic mass is 16.2. The minimum absolute atomic E-state index is 0.0590. The fourth-order valence-electron chi connectivity index (χ4n) is 1.97. The lowest BCUT2D eigenvalue weighted by Gasteiger charge is -2.05. The Morgan fingerprint density at radius 3 is 2.52 bits per heavy atom. The van der Waals surface area contributed by atoms with Crippen molar-refractivity contribution < 1.29 is 9.59 Å². The molecular formula is C16H14N3O2. The number of nitrogens with two attached hydrogens (primary N) is 1. The van der Waals surface area contributed by atoms with Gasteiger partial charge in [0.15, 0.2) is 0 Å². The van der Waals surface area contributed by atoms with Gasteiger partial charge < -0.3 is 11.1 Å². The molecule has 3 N–H and O–H groups in total. The highest BCUT2D eigenvalue weighted by molar-refractivity contribution is 5.95. The zero-order chi connectivity index (χ0) is 14.8. The molecular weight excluding hydrogens is 266 g/mol. The van der Waals surface area contributed by atoms with E-state index in [1.807, 2.05) is 0 Å². The van der Waals surface area contributed by atoms with Crippen molar-refractivity contribution in [3.63, 3.8) is 0 Å². The van der Waals surface area contributed by atoms with E-state index < -0.39 is 5.91 Å². The molecule has 1 aliphatic carbocycles. The van der Waals surface area contributed by atoms with E-state index >= 15 is 0 Å². The predicted molar refractivity (Wildman–Crippen MR) is 77.5 cm³/mol. The molecule has 0 spiro atoms. The first-order valence-electron chi connectivity index (χ1n) is 6.73. The number of nitrogens with zero attached hydrogens (tertiary/aromatic N) is 1. The van der Waals surface area contributed by atoms with Crippen LogP contribution in [0.4, 0.5) is 0 Å². The lowest BCUT2D eigenvalue weighted by molar-refractivity contribution is 0.0949. The number of rotatable bonds is 4. The number of benzene rings is 1. The van der Waals surface area contributed by atoms with Gasteiger partial charge in [-0.05, 0) is 37.1 Å². The summed E-state index contributed by atoms with van der Waals surface area (Å²) < 4.78 is 0. The summed E-state index contributed by atoms with van der Waals surface area (Å²) >= 11 is 0. The molecule has 1 heterocycles. The van der Waals surface area contributed by atoms with Crippen LogP contribution in [0.5, 0.6) is 0 Å². The van der Waals surface area contributed by atoms with Crippen molar-refractivity contribution in [2.45, 2.75) is 18.9 Å². The third kappa shape index (κ3) is 3.08. The molecule has 1 radical (unpaired) electrons. The van der Waals surface area contributed by atoms with Crippen LogP contribution in [0.25, 0.3) is 11.3 Å². The van der Waals surface area contributed by atoms with Crippen LogP contribution < -0.4 is 11.1 Å². The van der Waals surface area contributed by atoms with Crippen molar-refractivity contribution >= 4 is 11.8 Å². The van der Waals surface area contributed by atoms with Crippen LogP contribution in [0.3, 0.4) is 0 Å². The van der Waals surface area contributed by atoms with Gasteiger partial charge in [-0.1, -0.05) is 12.1 Å². The summed E-state index contributed by atoms with van der Waals surface area (Å²) in [4.78, 5) is 27.2. The van der Waals surface area contributed by atoms with Crippen molar-refractivity contribution in [1.82, 2.24) is 10.3 Å². The predicted octanol–water partition coefficient (Wildman–Crippen LogP) is 1.54. The first-order valence-corrected chi connectivity index (χ1v) is 6.73. The molecule has 0 atom stereocenters. The quantitative estimate of drug-likeness (QED) is 0.890. The molecule has 2 amide bonds. The van der Waals surface area contributed by atoms with Gasteiger partial charge in [0.25, 0.3) is 11.8 Å². The minimum atomic E-state index is -0.614. The standard InChI is InChI=1S/C16H14N3O2/c17-15(20)14-3-1-2-13(19-14)10-4-6-11(7-5-10)16(21)18-12-8-9-12/h1-2,4-7,12H,8-9H2,(H2,17,20)(H,18,21). The second-order valence-electron chi connectivity index (χ2n) is 5.01. The summed E-state index contributed by atoms with van der Waals surface area (Å²) in [7, 11) is 0. The molecule has 5 heteroatoms. The normalized spacial score (nSPS) is 13.7. The van der Waals surface area contributed by atoms with Crippen LogP contribution in [0.15, 0.2) is 36.4 Å². The number of hydrogen-bond acceptors (Lipinski definition) is 3. The molecule has 0 aliphatic heterocycles. The lowest BCUT2D eigenvalue weighted by Crippen LogP contribution is -2.25. The van der Waals surface area contributed by atoms with Gasteiger partial charge in [-0.3, -0.25) is 9.59 Å². The Morgan fingerprint density at radius 2 is 1.90 bits per heavy atom. The van der Waals surface area contributed by atoms with Crippen LogP contribution in [-0.4, -0.2) is 22.8 Å². The summed E-state index contributed by atoms with van der Waals surface area (Å²) in [5.74, 6) is -0.673. The fraction of sp³-hybridized carbons (Fsp3) is 0.188. The zero-order valence-electron chi connectivity index (χ0n) is 11.3. The van der Waals surface area contributed by atoms with Gasteiger partial charge in [0.2, 0.25) is 0 Å². The van der Waals surface area contributed by atoms with Gasteiger partial charge in [0, 0.05) is 23.2 Å². The van der Waals surface area contributed by atoms with E-state index in [0.717, 1.165) is 18.4 Å². The molecule has 1 aromatic heterocycles. The average molecular weight is 280 g/mol. The van der Waals surface area contributed by atoms with Crippen LogP contribution in [0.2, 0.25) is 0 Å². The Morgan fingerprint density at radius 1 is 1.19 bits per heavy atom. The number of aromatic nitrogens is 1. The highest BCUT2D eigenvalue weighted by Gasteiger charge is 2.23. The Labute approximate surface area is 122 Å². The van der Waals surface area contributed by atoms with Crippen molar-refractivity contribution in [3.8, 4) is 11.3 Å². The second-order valence-corrected chi connectivity index (χ2v) is 5.01. The maximum absolute atomic E-state index is 11.9. The summed E-state index contributed by atoms with van der Waals surface area (Å²) in [6.45, 7) is 0. The van der Waals surface area contributed by atoms with E-state index in [1.54, 1.807) is 36.4 Å². The smallest absolute Gasteiger partial charge is 0.267 e. The molecule has 1 aliphatic rings. The number of carbonyl (C=O) groups excluding carboxylic acids is 2. The minimum Gasteiger partial charge on any atom is -0.364 e. The largest absolute Gasteiger partial charge is 0.364 e. The number of nitrogens with one attached hydrogen (secondary N) is 1. The number of pyridine rings is 1. The number of primary amides is 1. The van der Waals surface area contributed by atoms with Crippen molar-refractivity contribution in [1.29, 1.82) is 0 Å². The molecule has 105 valence electrons. The average Bonchev–Trinajstić information content (AvgIpc) is 3.31. The van der Waals surface area contributed by atoms with Gasteiger partial charge in [-0.25, -0.2) is 4.98 Å². The van der Waals surface area contributed by atoms with Crippen molar-refractivity contribution in [3.05, 3.63) is 53.7 Å². The summed E-state index contributed by atoms with van der Waals surface area (Å²) in [6.07, 6.45) is 2.12. The van der Waals surface area contributed by atoms with Gasteiger partial charge in [0.05, 0.1) is 5.69 Å². The number of hydrogen-bond donors (Lipinski definition) is 2. The van der Waals surface area contributed by atoms with E-state index in [4.69, 9.17) is 5.73 Å². The van der Waals surface area contributed by atoms with E-state index in [0.29, 0.717) is 17.3 Å². The summed E-state index contributed by atoms with van der Waals surface area (Å²) in [5.41, 5.74) is 7.34. The third-order valence-corrected chi connectivity index (χ3v) is 3.28. The van der Waals surface area contributed by atoms with Gasteiger partial charge in [-0.2, -0.15) is 0 Å². The van der Waals surface area contributed by atoms with Crippen LogP contribution >= 0.6 is 0 Å². The molecule has 21 heavy (non-hydrogen) atoms. The lowest BCUT2D eigenvalue weighted by atomic mass is 10.1. The number of amides is 2. The molecule has 3 rings (SSSR count). The Kier molecular flexibility index (Phi) is 3.39. The summed E-state index contributed by atoms with van der Waals surface area (Å²) in [5, 5.41) is 2.93. The van der Waals surface area contributed by atoms with Crippen LogP contribution in [0, 0.1) is 6.07 Å². The SMILES string of the molecule is NC(=O)c1[c]ccc(-c2ccc(C(=O)NC3CC3)cc2)n1. The number of carbonyl (C=O) groups is 2. The maximum Gasteiger partial charge on any atom is 0.267 e. The Balaban J connectivity index is 1.81. The molecule has 0 bridgehead atoms. The van der Waals surface area contributed by atoms with Crippen molar-refractivity contribution in [2.75, 3.05) is 0 Å². The molecule has 1 aromatic carbocycles. The monoisotopic (exact) mass is 280 g/mol. The van der Waals surface area contributed by atoms with Crippen LogP contribution in [-0.2, 0) is 0 Å². The van der Waals surface area contributed by atoms with Gasteiger partial charge in [-0.15, -0.1) is 0 Å². The molecule has 0 unspecified atom stereocenters. The summed E-state index contributed by atoms with van der Waals surface area (Å²) in [6, 6.07) is 13.5. The van der Waals surface area contributed by atoms with E-state index in [2.05, 4.69) is 16.4 Å². The Hall–Kier alpha value is -2.69. The first-order chi connectivity index (χ1) is 10.1. The molecule has 5 nitrogen and oxygen atoms in total. The van der Waals surface area contributed by atoms with E-state index in [-0.39, 0.29) is 11.6 Å². The highest BCUT2D eigenvalue weighted by Crippen LogP contribution is 2.21. The molecule has 0 saturated heterocycles. The fourth-order valence-corrected chi connectivity index (χ4v) is 1.97.